The summed E-state index contributed by atoms with van der Waals surface area (Å²) in [5, 5.41) is 0.768. The topological polar surface area (TPSA) is 25.0 Å². The van der Waals surface area contributed by atoms with Crippen molar-refractivity contribution >= 4 is 10.9 Å². The van der Waals surface area contributed by atoms with Crippen LogP contribution < -0.4 is 4.74 Å². The molecule has 1 aromatic heterocycles. The van der Waals surface area contributed by atoms with Gasteiger partial charge >= 0.3 is 6.36 Å². The van der Waals surface area contributed by atoms with Gasteiger partial charge in [0.15, 0.2) is 0 Å². The summed E-state index contributed by atoms with van der Waals surface area (Å²) in [5.41, 5.74) is 1.79. The lowest BCUT2D eigenvalue weighted by Gasteiger charge is -2.08. The molecule has 2 aromatic rings. The molecule has 0 spiro atoms. The van der Waals surface area contributed by atoms with Crippen molar-refractivity contribution in [1.82, 2.24) is 4.98 Å². The maximum absolute atomic E-state index is 12.0. The molecule has 0 aliphatic rings. The van der Waals surface area contributed by atoms with Crippen molar-refractivity contribution in [1.29, 1.82) is 0 Å². The SMILES string of the molecule is CCc1c[nH]c2ccc(OC(F)(F)F)cc12. The van der Waals surface area contributed by atoms with Gasteiger partial charge < -0.3 is 9.72 Å². The van der Waals surface area contributed by atoms with Crippen LogP contribution in [0.3, 0.4) is 0 Å². The van der Waals surface area contributed by atoms with E-state index in [2.05, 4.69) is 9.72 Å². The summed E-state index contributed by atoms with van der Waals surface area (Å²) in [6.45, 7) is 1.94. The van der Waals surface area contributed by atoms with Crippen molar-refractivity contribution in [3.8, 4) is 5.75 Å². The van der Waals surface area contributed by atoms with Crippen LogP contribution in [0.15, 0.2) is 24.4 Å². The Labute approximate surface area is 90.0 Å². The highest BCUT2D eigenvalue weighted by molar-refractivity contribution is 5.84. The average molecular weight is 229 g/mol. The van der Waals surface area contributed by atoms with Gasteiger partial charge in [-0.1, -0.05) is 6.92 Å². The molecular weight excluding hydrogens is 219 g/mol. The van der Waals surface area contributed by atoms with Crippen LogP contribution in [0.2, 0.25) is 0 Å². The number of ether oxygens (including phenoxy) is 1. The molecule has 86 valence electrons. The normalized spacial score (nSPS) is 12.0. The van der Waals surface area contributed by atoms with Crippen molar-refractivity contribution in [2.45, 2.75) is 19.7 Å². The van der Waals surface area contributed by atoms with Crippen LogP contribution >= 0.6 is 0 Å². The standard InChI is InChI=1S/C11H10F3NO/c1-2-7-6-15-10-4-3-8(5-9(7)10)16-11(12,13)14/h3-6,15H,2H2,1H3. The molecule has 0 aliphatic heterocycles. The van der Waals surface area contributed by atoms with E-state index in [-0.39, 0.29) is 5.75 Å². The van der Waals surface area contributed by atoms with Crippen LogP contribution in [0, 0.1) is 0 Å². The van der Waals surface area contributed by atoms with E-state index in [1.165, 1.54) is 12.1 Å². The Kier molecular flexibility index (Phi) is 2.53. The van der Waals surface area contributed by atoms with E-state index in [4.69, 9.17) is 0 Å². The molecule has 1 heterocycles. The number of H-pyrrole nitrogens is 1. The number of alkyl halides is 3. The summed E-state index contributed by atoms with van der Waals surface area (Å²) >= 11 is 0. The van der Waals surface area contributed by atoms with Crippen LogP contribution in [0.5, 0.6) is 5.75 Å². The van der Waals surface area contributed by atoms with Gasteiger partial charge in [-0.25, -0.2) is 0 Å². The molecule has 0 bridgehead atoms. The fourth-order valence-electron chi connectivity index (χ4n) is 1.65. The quantitative estimate of drug-likeness (QED) is 0.835. The van der Waals surface area contributed by atoms with Gasteiger partial charge in [-0.3, -0.25) is 0 Å². The van der Waals surface area contributed by atoms with Gasteiger partial charge in [-0.05, 0) is 30.2 Å². The average Bonchev–Trinajstić information content (AvgIpc) is 2.57. The number of aromatic nitrogens is 1. The van der Waals surface area contributed by atoms with E-state index >= 15 is 0 Å². The minimum Gasteiger partial charge on any atom is -0.406 e. The fourth-order valence-corrected chi connectivity index (χ4v) is 1.65. The highest BCUT2D eigenvalue weighted by Gasteiger charge is 2.31. The lowest BCUT2D eigenvalue weighted by Crippen LogP contribution is -2.16. The first kappa shape index (κ1) is 10.9. The van der Waals surface area contributed by atoms with Gasteiger partial charge in [-0.2, -0.15) is 0 Å². The molecule has 0 atom stereocenters. The second-order valence-electron chi connectivity index (χ2n) is 3.42. The van der Waals surface area contributed by atoms with Crippen molar-refractivity contribution in [3.05, 3.63) is 30.0 Å². The predicted octanol–water partition coefficient (Wildman–Crippen LogP) is 3.63. The molecule has 0 saturated heterocycles. The Morgan fingerprint density at radius 3 is 2.69 bits per heavy atom. The molecule has 1 aromatic carbocycles. The van der Waals surface area contributed by atoms with Crippen LogP contribution in [0.4, 0.5) is 13.2 Å². The molecule has 5 heteroatoms. The van der Waals surface area contributed by atoms with E-state index in [0.29, 0.717) is 0 Å². The molecule has 0 radical (unpaired) electrons. The zero-order chi connectivity index (χ0) is 11.8. The predicted molar refractivity (Wildman–Crippen MR) is 54.4 cm³/mol. The zero-order valence-corrected chi connectivity index (χ0v) is 8.56. The Balaban J connectivity index is 2.42. The van der Waals surface area contributed by atoms with E-state index in [9.17, 15) is 13.2 Å². The molecule has 16 heavy (non-hydrogen) atoms. The summed E-state index contributed by atoms with van der Waals surface area (Å²) < 4.78 is 39.9. The van der Waals surface area contributed by atoms with Gasteiger partial charge in [0.2, 0.25) is 0 Å². The summed E-state index contributed by atoms with van der Waals surface area (Å²) in [6, 6.07) is 4.28. The largest absolute Gasteiger partial charge is 0.573 e. The molecule has 0 aliphatic carbocycles. The Hall–Kier alpha value is -1.65. The van der Waals surface area contributed by atoms with Crippen LogP contribution in [0.25, 0.3) is 10.9 Å². The zero-order valence-electron chi connectivity index (χ0n) is 8.56. The molecule has 0 fully saturated rings. The van der Waals surface area contributed by atoms with Crippen LogP contribution in [-0.4, -0.2) is 11.3 Å². The molecule has 0 amide bonds. The second kappa shape index (κ2) is 3.73. The van der Waals surface area contributed by atoms with E-state index < -0.39 is 6.36 Å². The van der Waals surface area contributed by atoms with Crippen LogP contribution in [-0.2, 0) is 6.42 Å². The summed E-state index contributed by atoms with van der Waals surface area (Å²) in [5.74, 6) is -0.186. The van der Waals surface area contributed by atoms with Crippen molar-refractivity contribution in [2.24, 2.45) is 0 Å². The molecule has 2 rings (SSSR count). The number of nitrogens with one attached hydrogen (secondary N) is 1. The number of halogens is 3. The van der Waals surface area contributed by atoms with Crippen molar-refractivity contribution < 1.29 is 17.9 Å². The summed E-state index contributed by atoms with van der Waals surface area (Å²) in [6.07, 6.45) is -2.09. The number of fused-ring (bicyclic) bond motifs is 1. The van der Waals surface area contributed by atoms with E-state index in [1.54, 1.807) is 12.3 Å². The van der Waals surface area contributed by atoms with Crippen molar-refractivity contribution in [2.75, 3.05) is 0 Å². The maximum atomic E-state index is 12.0. The van der Waals surface area contributed by atoms with E-state index in [1.807, 2.05) is 6.92 Å². The number of hydrogen-bond donors (Lipinski definition) is 1. The number of rotatable bonds is 2. The Bertz CT molecular complexity index is 501. The minimum atomic E-state index is -4.64. The highest BCUT2D eigenvalue weighted by atomic mass is 19.4. The summed E-state index contributed by atoms with van der Waals surface area (Å²) in [4.78, 5) is 2.99. The Morgan fingerprint density at radius 2 is 2.06 bits per heavy atom. The van der Waals surface area contributed by atoms with E-state index in [0.717, 1.165) is 22.9 Å². The van der Waals surface area contributed by atoms with Gasteiger partial charge in [0, 0.05) is 17.1 Å². The lowest BCUT2D eigenvalue weighted by molar-refractivity contribution is -0.274. The second-order valence-corrected chi connectivity index (χ2v) is 3.42. The van der Waals surface area contributed by atoms with Crippen molar-refractivity contribution in [3.63, 3.8) is 0 Å². The monoisotopic (exact) mass is 229 g/mol. The minimum absolute atomic E-state index is 0.186. The first-order valence-electron chi connectivity index (χ1n) is 4.85. The third-order valence-electron chi connectivity index (χ3n) is 2.35. The van der Waals surface area contributed by atoms with Gasteiger partial charge in [0.25, 0.3) is 0 Å². The van der Waals surface area contributed by atoms with Crippen LogP contribution in [0.1, 0.15) is 12.5 Å². The lowest BCUT2D eigenvalue weighted by atomic mass is 10.1. The number of benzene rings is 1. The maximum Gasteiger partial charge on any atom is 0.573 e. The third kappa shape index (κ3) is 2.13. The number of aromatic amines is 1. The molecular formula is C11H10F3NO. The first-order chi connectivity index (χ1) is 7.49. The summed E-state index contributed by atoms with van der Waals surface area (Å²) in [7, 11) is 0. The van der Waals surface area contributed by atoms with Gasteiger partial charge in [0.1, 0.15) is 5.75 Å². The number of aryl methyl sites for hydroxylation is 1. The molecule has 2 nitrogen and oxygen atoms in total. The first-order valence-corrected chi connectivity index (χ1v) is 4.85. The smallest absolute Gasteiger partial charge is 0.406 e. The number of hydrogen-bond acceptors (Lipinski definition) is 1. The fraction of sp³-hybridized carbons (Fsp3) is 0.273. The van der Waals surface area contributed by atoms with Gasteiger partial charge in [-0.15, -0.1) is 13.2 Å². The molecule has 0 saturated carbocycles. The van der Waals surface area contributed by atoms with Gasteiger partial charge in [0.05, 0.1) is 0 Å². The third-order valence-corrected chi connectivity index (χ3v) is 2.35. The Morgan fingerprint density at radius 1 is 1.31 bits per heavy atom. The molecule has 1 N–H and O–H groups in total. The molecule has 0 unspecified atom stereocenters. The highest BCUT2D eigenvalue weighted by Crippen LogP contribution is 2.28.